The standard InChI is InChI=1S/C10H9NO/c1-12-10-7-3-2-5-9(10)6-4-8-11/h2-7H,1H3/b6-4+. The fourth-order valence-electron chi connectivity index (χ4n) is 0.931. The van der Waals surface area contributed by atoms with Gasteiger partial charge in [-0.2, -0.15) is 5.26 Å². The van der Waals surface area contributed by atoms with Crippen LogP contribution in [-0.4, -0.2) is 7.11 Å². The van der Waals surface area contributed by atoms with Crippen LogP contribution in [0.5, 0.6) is 5.75 Å². The minimum Gasteiger partial charge on any atom is -0.496 e. The van der Waals surface area contributed by atoms with Crippen molar-refractivity contribution in [1.82, 2.24) is 0 Å². The van der Waals surface area contributed by atoms with Crippen LogP contribution in [0.25, 0.3) is 6.08 Å². The van der Waals surface area contributed by atoms with Crippen molar-refractivity contribution in [2.45, 2.75) is 0 Å². The van der Waals surface area contributed by atoms with Gasteiger partial charge in [-0.05, 0) is 12.1 Å². The quantitative estimate of drug-likeness (QED) is 0.620. The molecule has 0 aliphatic rings. The molecule has 0 spiro atoms. The zero-order valence-electron chi connectivity index (χ0n) is 6.82. The SMILES string of the molecule is COc1ccccc1/C=C/C#N. The van der Waals surface area contributed by atoms with Gasteiger partial charge in [-0.25, -0.2) is 0 Å². The van der Waals surface area contributed by atoms with Crippen LogP contribution >= 0.6 is 0 Å². The number of hydrogen-bond acceptors (Lipinski definition) is 2. The van der Waals surface area contributed by atoms with Crippen LogP contribution < -0.4 is 4.74 Å². The van der Waals surface area contributed by atoms with E-state index >= 15 is 0 Å². The summed E-state index contributed by atoms with van der Waals surface area (Å²) in [5.74, 6) is 0.781. The molecule has 60 valence electrons. The Hall–Kier alpha value is -1.75. The smallest absolute Gasteiger partial charge is 0.126 e. The zero-order chi connectivity index (χ0) is 8.81. The van der Waals surface area contributed by atoms with E-state index < -0.39 is 0 Å². The van der Waals surface area contributed by atoms with Crippen LogP contribution in [0.2, 0.25) is 0 Å². The Balaban J connectivity index is 2.99. The molecular weight excluding hydrogens is 150 g/mol. The molecule has 0 heterocycles. The molecule has 0 saturated heterocycles. The highest BCUT2D eigenvalue weighted by molar-refractivity contribution is 5.58. The van der Waals surface area contributed by atoms with Crippen molar-refractivity contribution >= 4 is 6.08 Å². The minimum absolute atomic E-state index is 0.781. The molecule has 0 amide bonds. The number of hydrogen-bond donors (Lipinski definition) is 0. The van der Waals surface area contributed by atoms with Crippen molar-refractivity contribution < 1.29 is 4.74 Å². The van der Waals surface area contributed by atoms with Gasteiger partial charge < -0.3 is 4.74 Å². The molecule has 0 aliphatic carbocycles. The molecule has 0 aliphatic heterocycles. The second-order valence-electron chi connectivity index (χ2n) is 2.20. The Bertz CT molecular complexity index is 323. The number of methoxy groups -OCH3 is 1. The van der Waals surface area contributed by atoms with Gasteiger partial charge in [0.1, 0.15) is 5.75 Å². The summed E-state index contributed by atoms with van der Waals surface area (Å²) in [6.07, 6.45) is 3.15. The summed E-state index contributed by atoms with van der Waals surface area (Å²) in [6.45, 7) is 0. The first-order valence-corrected chi connectivity index (χ1v) is 3.57. The lowest BCUT2D eigenvalue weighted by atomic mass is 10.2. The van der Waals surface area contributed by atoms with Gasteiger partial charge in [0.25, 0.3) is 0 Å². The van der Waals surface area contributed by atoms with Crippen molar-refractivity contribution in [2.75, 3.05) is 7.11 Å². The van der Waals surface area contributed by atoms with Crippen molar-refractivity contribution in [2.24, 2.45) is 0 Å². The molecule has 1 aromatic carbocycles. The van der Waals surface area contributed by atoms with E-state index in [2.05, 4.69) is 0 Å². The molecule has 0 radical (unpaired) electrons. The maximum Gasteiger partial charge on any atom is 0.126 e. The maximum absolute atomic E-state index is 8.31. The Morgan fingerprint density at radius 1 is 1.42 bits per heavy atom. The normalized spacial score (nSPS) is 9.67. The predicted octanol–water partition coefficient (Wildman–Crippen LogP) is 2.23. The molecule has 1 rings (SSSR count). The summed E-state index contributed by atoms with van der Waals surface area (Å²) >= 11 is 0. The molecule has 0 aromatic heterocycles. The summed E-state index contributed by atoms with van der Waals surface area (Å²) in [5, 5.41) is 8.31. The van der Waals surface area contributed by atoms with Gasteiger partial charge >= 0.3 is 0 Å². The van der Waals surface area contributed by atoms with Crippen LogP contribution in [0, 0.1) is 11.3 Å². The van der Waals surface area contributed by atoms with Crippen molar-refractivity contribution in [1.29, 1.82) is 5.26 Å². The van der Waals surface area contributed by atoms with Gasteiger partial charge in [0, 0.05) is 11.6 Å². The highest BCUT2D eigenvalue weighted by Crippen LogP contribution is 2.18. The first kappa shape index (κ1) is 8.35. The molecule has 1 aromatic rings. The minimum atomic E-state index is 0.781. The Morgan fingerprint density at radius 2 is 2.17 bits per heavy atom. The lowest BCUT2D eigenvalue weighted by molar-refractivity contribution is 0.414. The van der Waals surface area contributed by atoms with Gasteiger partial charge in [0.15, 0.2) is 0 Å². The lowest BCUT2D eigenvalue weighted by Crippen LogP contribution is -1.84. The molecule has 0 atom stereocenters. The number of para-hydroxylation sites is 1. The largest absolute Gasteiger partial charge is 0.496 e. The Kier molecular flexibility index (Phi) is 2.92. The molecule has 12 heavy (non-hydrogen) atoms. The highest BCUT2D eigenvalue weighted by atomic mass is 16.5. The van der Waals surface area contributed by atoms with E-state index in [4.69, 9.17) is 10.00 Å². The number of nitriles is 1. The van der Waals surface area contributed by atoms with Crippen LogP contribution in [0.4, 0.5) is 0 Å². The number of benzene rings is 1. The molecule has 0 fully saturated rings. The summed E-state index contributed by atoms with van der Waals surface area (Å²) < 4.78 is 5.08. The van der Waals surface area contributed by atoms with Gasteiger partial charge in [0.2, 0.25) is 0 Å². The van der Waals surface area contributed by atoms with E-state index in [1.165, 1.54) is 6.08 Å². The molecule has 0 bridgehead atoms. The Labute approximate surface area is 71.7 Å². The van der Waals surface area contributed by atoms with Crippen molar-refractivity contribution in [3.63, 3.8) is 0 Å². The van der Waals surface area contributed by atoms with Gasteiger partial charge in [-0.3, -0.25) is 0 Å². The fourth-order valence-corrected chi connectivity index (χ4v) is 0.931. The molecule has 0 N–H and O–H groups in total. The highest BCUT2D eigenvalue weighted by Gasteiger charge is 1.94. The van der Waals surface area contributed by atoms with Gasteiger partial charge in [0.05, 0.1) is 13.2 Å². The topological polar surface area (TPSA) is 33.0 Å². The second-order valence-corrected chi connectivity index (χ2v) is 2.20. The number of rotatable bonds is 2. The van der Waals surface area contributed by atoms with E-state index in [0.717, 1.165) is 11.3 Å². The predicted molar refractivity (Wildman–Crippen MR) is 47.6 cm³/mol. The van der Waals surface area contributed by atoms with Crippen molar-refractivity contribution in [3.05, 3.63) is 35.9 Å². The monoisotopic (exact) mass is 159 g/mol. The fraction of sp³-hybridized carbons (Fsp3) is 0.100. The average Bonchev–Trinajstić information content (AvgIpc) is 2.15. The van der Waals surface area contributed by atoms with E-state index in [1.54, 1.807) is 13.2 Å². The van der Waals surface area contributed by atoms with E-state index in [0.29, 0.717) is 0 Å². The zero-order valence-corrected chi connectivity index (χ0v) is 6.82. The van der Waals surface area contributed by atoms with E-state index in [1.807, 2.05) is 30.3 Å². The third kappa shape index (κ3) is 1.86. The molecule has 2 nitrogen and oxygen atoms in total. The van der Waals surface area contributed by atoms with Gasteiger partial charge in [-0.15, -0.1) is 0 Å². The van der Waals surface area contributed by atoms with Crippen molar-refractivity contribution in [3.8, 4) is 11.8 Å². The first-order valence-electron chi connectivity index (χ1n) is 3.57. The second kappa shape index (κ2) is 4.20. The molecule has 2 heteroatoms. The Morgan fingerprint density at radius 3 is 2.83 bits per heavy atom. The molecule has 0 saturated carbocycles. The summed E-state index contributed by atoms with van der Waals surface area (Å²) in [6, 6.07) is 9.48. The van der Waals surface area contributed by atoms with Crippen LogP contribution in [0.3, 0.4) is 0 Å². The average molecular weight is 159 g/mol. The first-order chi connectivity index (χ1) is 5.88. The summed E-state index contributed by atoms with van der Waals surface area (Å²) in [4.78, 5) is 0. The third-order valence-electron chi connectivity index (χ3n) is 1.48. The van der Waals surface area contributed by atoms with Crippen LogP contribution in [0.15, 0.2) is 30.3 Å². The lowest BCUT2D eigenvalue weighted by Gasteiger charge is -2.01. The molecular formula is C10H9NO. The number of ether oxygens (including phenoxy) is 1. The maximum atomic E-state index is 8.31. The number of allylic oxidation sites excluding steroid dienone is 1. The number of nitrogens with zero attached hydrogens (tertiary/aromatic N) is 1. The van der Waals surface area contributed by atoms with E-state index in [9.17, 15) is 0 Å². The van der Waals surface area contributed by atoms with Gasteiger partial charge in [-0.1, -0.05) is 18.2 Å². The van der Waals surface area contributed by atoms with Crippen LogP contribution in [0.1, 0.15) is 5.56 Å². The summed E-state index contributed by atoms with van der Waals surface area (Å²) in [5.41, 5.74) is 0.918. The summed E-state index contributed by atoms with van der Waals surface area (Å²) in [7, 11) is 1.61. The third-order valence-corrected chi connectivity index (χ3v) is 1.48. The molecule has 0 unspecified atom stereocenters. The van der Waals surface area contributed by atoms with E-state index in [-0.39, 0.29) is 0 Å². The van der Waals surface area contributed by atoms with Crippen LogP contribution in [-0.2, 0) is 0 Å².